The lowest BCUT2D eigenvalue weighted by Gasteiger charge is -2.28. The van der Waals surface area contributed by atoms with Crippen molar-refractivity contribution in [2.24, 2.45) is 0 Å². The molecule has 0 radical (unpaired) electrons. The minimum atomic E-state index is -3.56. The van der Waals surface area contributed by atoms with E-state index in [1.165, 1.54) is 17.7 Å². The van der Waals surface area contributed by atoms with E-state index >= 15 is 0 Å². The Morgan fingerprint density at radius 2 is 1.75 bits per heavy atom. The number of nitrogens with zero attached hydrogens (tertiary/aromatic N) is 1. The molecular weight excluding hydrogens is 376 g/mol. The number of nitrogen functional groups attached to an aromatic ring is 1. The monoisotopic (exact) mass is 406 g/mol. The van der Waals surface area contributed by atoms with Gasteiger partial charge in [0.2, 0.25) is 10.0 Å². The maximum atomic E-state index is 12.5. The number of hydrogen-bond donors (Lipinski definition) is 1. The molecule has 0 aliphatic rings. The van der Waals surface area contributed by atoms with E-state index in [2.05, 4.69) is 0 Å². The topological polar surface area (TPSA) is 81.9 Å². The molecular formula is C21H30N2O4S. The van der Waals surface area contributed by atoms with Gasteiger partial charge in [0.1, 0.15) is 0 Å². The van der Waals surface area contributed by atoms with E-state index in [-0.39, 0.29) is 18.6 Å². The zero-order valence-electron chi connectivity index (χ0n) is 17.2. The van der Waals surface area contributed by atoms with Crippen LogP contribution in [0, 0.1) is 0 Å². The summed E-state index contributed by atoms with van der Waals surface area (Å²) < 4.78 is 37.4. The van der Waals surface area contributed by atoms with Gasteiger partial charge in [-0.15, -0.1) is 0 Å². The molecule has 0 atom stereocenters. The van der Waals surface area contributed by atoms with E-state index in [4.69, 9.17) is 15.2 Å². The van der Waals surface area contributed by atoms with Crippen molar-refractivity contribution in [3.05, 3.63) is 53.6 Å². The first-order valence-electron chi connectivity index (χ1n) is 9.11. The molecule has 28 heavy (non-hydrogen) atoms. The zero-order valence-corrected chi connectivity index (χ0v) is 18.0. The number of sulfonamides is 1. The van der Waals surface area contributed by atoms with Crippen molar-refractivity contribution >= 4 is 21.4 Å². The maximum absolute atomic E-state index is 12.5. The molecule has 0 saturated heterocycles. The number of hydrogen-bond acceptors (Lipinski definition) is 5. The van der Waals surface area contributed by atoms with Gasteiger partial charge in [-0.25, -0.2) is 8.42 Å². The largest absolute Gasteiger partial charge is 0.492 e. The van der Waals surface area contributed by atoms with Gasteiger partial charge in [0.05, 0.1) is 44.5 Å². The molecule has 0 aromatic heterocycles. The van der Waals surface area contributed by atoms with Crippen LogP contribution < -0.4 is 14.8 Å². The summed E-state index contributed by atoms with van der Waals surface area (Å²) in [6, 6.07) is 13.4. The molecule has 2 aromatic rings. The molecule has 0 fully saturated rings. The summed E-state index contributed by atoms with van der Waals surface area (Å²) in [5.74, 6) is 0.349. The fourth-order valence-corrected chi connectivity index (χ4v) is 3.75. The maximum Gasteiger partial charge on any atom is 0.232 e. The third-order valence-corrected chi connectivity index (χ3v) is 5.57. The molecule has 2 aromatic carbocycles. The van der Waals surface area contributed by atoms with E-state index in [1.807, 2.05) is 63.2 Å². The number of rotatable bonds is 8. The summed E-state index contributed by atoms with van der Waals surface area (Å²) in [4.78, 5) is 0. The second-order valence-corrected chi connectivity index (χ2v) is 9.65. The van der Waals surface area contributed by atoms with E-state index in [9.17, 15) is 8.42 Å². The Balaban J connectivity index is 2.28. The predicted octanol–water partition coefficient (Wildman–Crippen LogP) is 3.56. The van der Waals surface area contributed by atoms with Crippen molar-refractivity contribution in [3.63, 3.8) is 0 Å². The quantitative estimate of drug-likeness (QED) is 0.535. The van der Waals surface area contributed by atoms with Crippen molar-refractivity contribution in [1.82, 2.24) is 0 Å². The molecule has 7 heteroatoms. The highest BCUT2D eigenvalue weighted by atomic mass is 32.2. The minimum absolute atomic E-state index is 0.162. The molecule has 2 N–H and O–H groups in total. The first-order valence-corrected chi connectivity index (χ1v) is 11.0. The summed E-state index contributed by atoms with van der Waals surface area (Å²) in [6.07, 6.45) is 1.17. The average Bonchev–Trinajstić information content (AvgIpc) is 2.60. The van der Waals surface area contributed by atoms with Crippen LogP contribution in [0.2, 0.25) is 0 Å². The van der Waals surface area contributed by atoms with Crippen LogP contribution in [0.4, 0.5) is 11.4 Å². The Hall–Kier alpha value is -2.25. The molecule has 6 nitrogen and oxygen atoms in total. The highest BCUT2D eigenvalue weighted by Crippen LogP contribution is 2.39. The van der Waals surface area contributed by atoms with Crippen LogP contribution in [-0.2, 0) is 26.8 Å². The summed E-state index contributed by atoms with van der Waals surface area (Å²) in [7, 11) is -2.07. The highest BCUT2D eigenvalue weighted by Gasteiger charge is 2.26. The van der Waals surface area contributed by atoms with E-state index < -0.39 is 10.0 Å². The van der Waals surface area contributed by atoms with Crippen molar-refractivity contribution in [2.75, 3.05) is 36.6 Å². The number of methoxy groups -OCH3 is 1. The Kier molecular flexibility index (Phi) is 6.96. The van der Waals surface area contributed by atoms with Crippen LogP contribution in [0.5, 0.6) is 5.75 Å². The average molecular weight is 407 g/mol. The van der Waals surface area contributed by atoms with Crippen molar-refractivity contribution in [3.8, 4) is 5.75 Å². The van der Waals surface area contributed by atoms with Crippen LogP contribution in [0.3, 0.4) is 0 Å². The Bertz CT molecular complexity index is 891. The first-order chi connectivity index (χ1) is 13.0. The standard InChI is InChI=1S/C21H30N2O4S/c1-21(2,3)17-13-18(22)20(26-4)19(14-17)23(28(5,24)25)11-12-27-15-16-9-7-6-8-10-16/h6-10,13-14H,11-12,15,22H2,1-5H3. The third kappa shape index (κ3) is 5.62. The smallest absolute Gasteiger partial charge is 0.232 e. The second-order valence-electron chi connectivity index (χ2n) is 7.74. The van der Waals surface area contributed by atoms with Crippen LogP contribution in [-0.4, -0.2) is 34.9 Å². The van der Waals surface area contributed by atoms with E-state index in [0.717, 1.165) is 11.1 Å². The molecule has 0 bridgehead atoms. The molecule has 0 aliphatic carbocycles. The molecule has 0 saturated carbocycles. The molecule has 0 heterocycles. The summed E-state index contributed by atoms with van der Waals surface area (Å²) >= 11 is 0. The number of nitrogens with two attached hydrogens (primary N) is 1. The minimum Gasteiger partial charge on any atom is -0.492 e. The molecule has 0 amide bonds. The van der Waals surface area contributed by atoms with Gasteiger partial charge < -0.3 is 15.2 Å². The lowest BCUT2D eigenvalue weighted by atomic mass is 9.86. The van der Waals surface area contributed by atoms with Gasteiger partial charge in [-0.3, -0.25) is 4.31 Å². The van der Waals surface area contributed by atoms with Gasteiger partial charge in [-0.1, -0.05) is 51.1 Å². The van der Waals surface area contributed by atoms with Crippen LogP contribution in [0.15, 0.2) is 42.5 Å². The van der Waals surface area contributed by atoms with Crippen molar-refractivity contribution < 1.29 is 17.9 Å². The summed E-state index contributed by atoms with van der Waals surface area (Å²) in [5, 5.41) is 0. The molecule has 0 aliphatic heterocycles. The summed E-state index contributed by atoms with van der Waals surface area (Å²) in [6.45, 7) is 6.96. The van der Waals surface area contributed by atoms with Gasteiger partial charge in [0.25, 0.3) is 0 Å². The second kappa shape index (κ2) is 8.84. The van der Waals surface area contributed by atoms with Crippen LogP contribution in [0.25, 0.3) is 0 Å². The van der Waals surface area contributed by atoms with Gasteiger partial charge >= 0.3 is 0 Å². The Morgan fingerprint density at radius 3 is 2.29 bits per heavy atom. The van der Waals surface area contributed by atoms with Crippen molar-refractivity contribution in [1.29, 1.82) is 0 Å². The van der Waals surface area contributed by atoms with Gasteiger partial charge in [-0.2, -0.15) is 0 Å². The highest BCUT2D eigenvalue weighted by molar-refractivity contribution is 7.92. The number of anilines is 2. The first kappa shape index (κ1) is 22.0. The van der Waals surface area contributed by atoms with Crippen molar-refractivity contribution in [2.45, 2.75) is 32.8 Å². The van der Waals surface area contributed by atoms with Gasteiger partial charge in [-0.05, 0) is 28.7 Å². The Morgan fingerprint density at radius 1 is 1.11 bits per heavy atom. The molecule has 0 spiro atoms. The van der Waals surface area contributed by atoms with E-state index in [1.54, 1.807) is 0 Å². The van der Waals surface area contributed by atoms with Crippen LogP contribution >= 0.6 is 0 Å². The van der Waals surface area contributed by atoms with Gasteiger partial charge in [0, 0.05) is 0 Å². The van der Waals surface area contributed by atoms with Crippen LogP contribution in [0.1, 0.15) is 31.9 Å². The number of ether oxygens (including phenoxy) is 2. The molecule has 154 valence electrons. The molecule has 2 rings (SSSR count). The SMILES string of the molecule is COc1c(N)cc(C(C)(C)C)cc1N(CCOCc1ccccc1)S(C)(=O)=O. The third-order valence-electron chi connectivity index (χ3n) is 4.39. The zero-order chi connectivity index (χ0) is 20.9. The molecule has 0 unspecified atom stereocenters. The fourth-order valence-electron chi connectivity index (χ4n) is 2.85. The van der Waals surface area contributed by atoms with Gasteiger partial charge in [0.15, 0.2) is 5.75 Å². The van der Waals surface area contributed by atoms with E-state index in [0.29, 0.717) is 23.7 Å². The predicted molar refractivity (Wildman–Crippen MR) is 114 cm³/mol. The normalized spacial score (nSPS) is 12.0. The summed E-state index contributed by atoms with van der Waals surface area (Å²) in [5.41, 5.74) is 8.77. The number of benzene rings is 2. The fraction of sp³-hybridized carbons (Fsp3) is 0.429. The Labute approximate surface area is 168 Å². The lowest BCUT2D eigenvalue weighted by molar-refractivity contribution is 0.128. The lowest BCUT2D eigenvalue weighted by Crippen LogP contribution is -2.34.